The number of carbonyl (C=O) groups is 2. The van der Waals surface area contributed by atoms with Crippen LogP contribution in [0.1, 0.15) is 39.2 Å². The first-order valence-corrected chi connectivity index (χ1v) is 7.36. The molecule has 1 amide bonds. The van der Waals surface area contributed by atoms with E-state index in [-0.39, 0.29) is 0 Å². The maximum Gasteiger partial charge on any atom is 0.408 e. The van der Waals surface area contributed by atoms with Gasteiger partial charge in [0.05, 0.1) is 13.3 Å². The van der Waals surface area contributed by atoms with E-state index >= 15 is 0 Å². The van der Waals surface area contributed by atoms with Crippen LogP contribution in [0.2, 0.25) is 0 Å². The third-order valence-electron chi connectivity index (χ3n) is 2.95. The first-order valence-electron chi connectivity index (χ1n) is 7.36. The van der Waals surface area contributed by atoms with Crippen LogP contribution < -0.4 is 11.1 Å². The fourth-order valence-electron chi connectivity index (χ4n) is 1.92. The van der Waals surface area contributed by atoms with Crippen LogP contribution in [0.25, 0.3) is 0 Å². The number of hydrogen-bond donors (Lipinski definition) is 2. The number of carbonyl (C=O) groups excluding carboxylic acids is 2. The normalized spacial score (nSPS) is 12.3. The number of nitrogens with zero attached hydrogens (tertiary/aromatic N) is 2. The summed E-state index contributed by atoms with van der Waals surface area (Å²) < 4.78 is 9.86. The van der Waals surface area contributed by atoms with Crippen molar-refractivity contribution in [3.63, 3.8) is 0 Å². The molecule has 0 radical (unpaired) electrons. The number of anilines is 1. The second-order valence-corrected chi connectivity index (χ2v) is 6.06. The Hall–Kier alpha value is -2.38. The number of ether oxygens (including phenoxy) is 2. The lowest BCUT2D eigenvalue weighted by Crippen LogP contribution is -2.44. The molecule has 128 valence electrons. The molecule has 0 saturated heterocycles. The number of esters is 1. The van der Waals surface area contributed by atoms with Gasteiger partial charge in [0, 0.05) is 0 Å². The van der Waals surface area contributed by atoms with Crippen LogP contribution in [0.15, 0.2) is 12.3 Å². The molecule has 8 nitrogen and oxygen atoms in total. The van der Waals surface area contributed by atoms with Crippen molar-refractivity contribution in [2.75, 3.05) is 12.8 Å². The van der Waals surface area contributed by atoms with Crippen LogP contribution in [0.5, 0.6) is 0 Å². The van der Waals surface area contributed by atoms with Crippen LogP contribution in [0, 0.1) is 0 Å². The van der Waals surface area contributed by atoms with Crippen LogP contribution in [-0.4, -0.2) is 41.0 Å². The lowest BCUT2D eigenvalue weighted by molar-refractivity contribution is -0.143. The van der Waals surface area contributed by atoms with Gasteiger partial charge in [-0.1, -0.05) is 0 Å². The highest BCUT2D eigenvalue weighted by Gasteiger charge is 2.24. The van der Waals surface area contributed by atoms with E-state index in [4.69, 9.17) is 15.2 Å². The third-order valence-corrected chi connectivity index (χ3v) is 2.95. The number of amides is 1. The van der Waals surface area contributed by atoms with Gasteiger partial charge in [-0.05, 0) is 51.7 Å². The van der Waals surface area contributed by atoms with Gasteiger partial charge in [-0.3, -0.25) is 0 Å². The average Bonchev–Trinajstić information content (AvgIpc) is 2.45. The number of methoxy groups -OCH3 is 1. The highest BCUT2D eigenvalue weighted by Crippen LogP contribution is 2.12. The monoisotopic (exact) mass is 324 g/mol. The van der Waals surface area contributed by atoms with E-state index in [1.807, 2.05) is 0 Å². The van der Waals surface area contributed by atoms with Crippen LogP contribution in [0.4, 0.5) is 10.6 Å². The second-order valence-electron chi connectivity index (χ2n) is 6.06. The van der Waals surface area contributed by atoms with Crippen molar-refractivity contribution < 1.29 is 19.1 Å². The fourth-order valence-corrected chi connectivity index (χ4v) is 1.92. The summed E-state index contributed by atoms with van der Waals surface area (Å²) in [6.45, 7) is 5.25. The van der Waals surface area contributed by atoms with Gasteiger partial charge in [0.25, 0.3) is 0 Å². The zero-order valence-electron chi connectivity index (χ0n) is 14.0. The van der Waals surface area contributed by atoms with E-state index in [2.05, 4.69) is 15.5 Å². The molecular formula is C15H24N4O4. The zero-order valence-corrected chi connectivity index (χ0v) is 14.0. The van der Waals surface area contributed by atoms with Gasteiger partial charge in [-0.2, -0.15) is 5.10 Å². The van der Waals surface area contributed by atoms with Crippen molar-refractivity contribution in [1.82, 2.24) is 15.5 Å². The molecule has 1 aromatic heterocycles. The molecule has 0 fully saturated rings. The number of aryl methyl sites for hydroxylation is 1. The second kappa shape index (κ2) is 8.30. The third kappa shape index (κ3) is 6.94. The molecule has 0 aliphatic carbocycles. The van der Waals surface area contributed by atoms with Gasteiger partial charge in [-0.15, -0.1) is 5.10 Å². The van der Waals surface area contributed by atoms with Crippen molar-refractivity contribution in [2.24, 2.45) is 0 Å². The van der Waals surface area contributed by atoms with E-state index in [0.29, 0.717) is 25.1 Å². The molecule has 0 saturated carbocycles. The number of hydrogen-bond acceptors (Lipinski definition) is 7. The quantitative estimate of drug-likeness (QED) is 0.760. The minimum atomic E-state index is -0.772. The van der Waals surface area contributed by atoms with Gasteiger partial charge < -0.3 is 20.5 Å². The number of aromatic nitrogens is 2. The number of nitrogens with one attached hydrogen (secondary N) is 1. The topological polar surface area (TPSA) is 116 Å². The summed E-state index contributed by atoms with van der Waals surface area (Å²) in [7, 11) is 1.27. The highest BCUT2D eigenvalue weighted by atomic mass is 16.6. The summed E-state index contributed by atoms with van der Waals surface area (Å²) >= 11 is 0. The first kappa shape index (κ1) is 18.7. The zero-order chi connectivity index (χ0) is 17.5. The summed E-state index contributed by atoms with van der Waals surface area (Å²) in [5.41, 5.74) is 5.93. The Kier molecular flexibility index (Phi) is 6.74. The number of nitrogen functional groups attached to an aromatic ring is 1. The molecule has 8 heteroatoms. The summed E-state index contributed by atoms with van der Waals surface area (Å²) in [6, 6.07) is 1.00. The van der Waals surface area contributed by atoms with Crippen LogP contribution >= 0.6 is 0 Å². The Bertz CT molecular complexity index is 543. The Labute approximate surface area is 135 Å². The van der Waals surface area contributed by atoms with Crippen molar-refractivity contribution in [2.45, 2.75) is 51.7 Å². The predicted octanol–water partition coefficient (Wildman–Crippen LogP) is 1.45. The molecule has 0 bridgehead atoms. The number of nitrogens with two attached hydrogens (primary N) is 1. The van der Waals surface area contributed by atoms with Crippen LogP contribution in [-0.2, 0) is 20.7 Å². The summed E-state index contributed by atoms with van der Waals surface area (Å²) in [6.07, 6.45) is 2.53. The van der Waals surface area contributed by atoms with Crippen LogP contribution in [0.3, 0.4) is 0 Å². The summed E-state index contributed by atoms with van der Waals surface area (Å²) in [5.74, 6) is -0.154. The standard InChI is InChI=1S/C15H24N4O4/c1-15(2,3)23-14(21)18-11(13(20)22-4)7-5-6-10-8-9-17-19-12(10)16/h8-9,11H,5-7H2,1-4H3,(H2,16,19)(H,18,21)/t11-/m0/s1. The molecule has 3 N–H and O–H groups in total. The molecule has 0 aromatic carbocycles. The minimum absolute atomic E-state index is 0.363. The first-order chi connectivity index (χ1) is 10.7. The molecule has 0 aliphatic heterocycles. The lowest BCUT2D eigenvalue weighted by atomic mass is 10.1. The Morgan fingerprint density at radius 2 is 2.09 bits per heavy atom. The largest absolute Gasteiger partial charge is 0.467 e. The molecule has 1 heterocycles. The Balaban J connectivity index is 2.57. The SMILES string of the molecule is COC(=O)[C@H](CCCc1ccnnc1N)NC(=O)OC(C)(C)C. The van der Waals surface area contributed by atoms with Crippen molar-refractivity contribution in [1.29, 1.82) is 0 Å². The highest BCUT2D eigenvalue weighted by molar-refractivity contribution is 5.81. The van der Waals surface area contributed by atoms with E-state index in [1.165, 1.54) is 7.11 Å². The van der Waals surface area contributed by atoms with Gasteiger partial charge >= 0.3 is 12.1 Å². The molecule has 23 heavy (non-hydrogen) atoms. The Morgan fingerprint density at radius 1 is 1.39 bits per heavy atom. The predicted molar refractivity (Wildman–Crippen MR) is 84.6 cm³/mol. The number of alkyl carbamates (subject to hydrolysis) is 1. The van der Waals surface area contributed by atoms with Gasteiger partial charge in [0.15, 0.2) is 0 Å². The van der Waals surface area contributed by atoms with Crippen molar-refractivity contribution in [3.8, 4) is 0 Å². The fraction of sp³-hybridized carbons (Fsp3) is 0.600. The van der Waals surface area contributed by atoms with Gasteiger partial charge in [-0.25, -0.2) is 9.59 Å². The smallest absolute Gasteiger partial charge is 0.408 e. The Morgan fingerprint density at radius 3 is 2.65 bits per heavy atom. The number of rotatable bonds is 6. The van der Waals surface area contributed by atoms with E-state index in [1.54, 1.807) is 33.0 Å². The molecule has 0 spiro atoms. The summed E-state index contributed by atoms with van der Waals surface area (Å²) in [5, 5.41) is 9.97. The minimum Gasteiger partial charge on any atom is -0.467 e. The molecular weight excluding hydrogens is 300 g/mol. The van der Waals surface area contributed by atoms with Crippen molar-refractivity contribution in [3.05, 3.63) is 17.8 Å². The van der Waals surface area contributed by atoms with E-state index in [0.717, 1.165) is 5.56 Å². The molecule has 1 atom stereocenters. The maximum atomic E-state index is 11.8. The molecule has 1 aromatic rings. The van der Waals surface area contributed by atoms with Gasteiger partial charge in [0.1, 0.15) is 17.5 Å². The average molecular weight is 324 g/mol. The summed E-state index contributed by atoms with van der Waals surface area (Å²) in [4.78, 5) is 23.6. The van der Waals surface area contributed by atoms with E-state index in [9.17, 15) is 9.59 Å². The van der Waals surface area contributed by atoms with Crippen molar-refractivity contribution >= 4 is 17.9 Å². The van der Waals surface area contributed by atoms with Gasteiger partial charge in [0.2, 0.25) is 0 Å². The maximum absolute atomic E-state index is 11.8. The van der Waals surface area contributed by atoms with E-state index < -0.39 is 23.7 Å². The molecule has 0 unspecified atom stereocenters. The molecule has 0 aliphatic rings. The molecule has 1 rings (SSSR count). The lowest BCUT2D eigenvalue weighted by Gasteiger charge is -2.22.